The Bertz CT molecular complexity index is 651. The van der Waals surface area contributed by atoms with Gasteiger partial charge >= 0.3 is 6.01 Å². The Morgan fingerprint density at radius 2 is 1.64 bits per heavy atom. The van der Waals surface area contributed by atoms with E-state index < -0.39 is 0 Å². The van der Waals surface area contributed by atoms with E-state index in [2.05, 4.69) is 28.3 Å². The van der Waals surface area contributed by atoms with Crippen LogP contribution < -0.4 is 9.47 Å². The van der Waals surface area contributed by atoms with Crippen LogP contribution in [-0.2, 0) is 0 Å². The third-order valence-electron chi connectivity index (χ3n) is 2.64. The van der Waals surface area contributed by atoms with Crippen LogP contribution in [0.3, 0.4) is 0 Å². The highest BCUT2D eigenvalue weighted by Gasteiger charge is 2.22. The molecule has 0 saturated carbocycles. The molecule has 0 fully saturated rings. The van der Waals surface area contributed by atoms with Gasteiger partial charge in [-0.1, -0.05) is 0 Å². The first-order chi connectivity index (χ1) is 10.1. The average Bonchev–Trinajstić information content (AvgIpc) is 2.71. The van der Waals surface area contributed by atoms with E-state index >= 15 is 0 Å². The predicted molar refractivity (Wildman–Crippen MR) is 90.8 cm³/mol. The third-order valence-corrected chi connectivity index (χ3v) is 3.69. The van der Waals surface area contributed by atoms with Crippen molar-refractivity contribution in [3.63, 3.8) is 0 Å². The third kappa shape index (κ3) is 4.44. The summed E-state index contributed by atoms with van der Waals surface area (Å²) in [6, 6.07) is 2.42. The summed E-state index contributed by atoms with van der Waals surface area (Å²) in [4.78, 5) is 9.96. The van der Waals surface area contributed by atoms with Crippen molar-refractivity contribution in [3.8, 4) is 22.3 Å². The van der Waals surface area contributed by atoms with Crippen LogP contribution >= 0.6 is 11.3 Å². The number of hydrogen-bond acceptors (Lipinski definition) is 5. The number of thiophene rings is 1. The molecule has 0 amide bonds. The van der Waals surface area contributed by atoms with Crippen molar-refractivity contribution in [3.05, 3.63) is 23.2 Å². The lowest BCUT2D eigenvalue weighted by Crippen LogP contribution is -2.26. The lowest BCUT2D eigenvalue weighted by molar-refractivity contribution is 0.103. The number of aromatic nitrogens is 2. The van der Waals surface area contributed by atoms with Crippen LogP contribution in [0.5, 0.6) is 11.9 Å². The van der Waals surface area contributed by atoms with Gasteiger partial charge in [0, 0.05) is 11.1 Å². The number of nitrogens with zero attached hydrogens (tertiary/aromatic N) is 2. The Hall–Kier alpha value is -1.62. The molecule has 0 bridgehead atoms. The topological polar surface area (TPSA) is 44.2 Å². The highest BCUT2D eigenvalue weighted by molar-refractivity contribution is 7.13. The summed E-state index contributed by atoms with van der Waals surface area (Å²) >= 11 is 1.66. The van der Waals surface area contributed by atoms with Crippen LogP contribution in [0.2, 0.25) is 0 Å². The molecule has 0 N–H and O–H groups in total. The molecule has 2 rings (SSSR count). The maximum Gasteiger partial charge on any atom is 0.320 e. The van der Waals surface area contributed by atoms with E-state index in [4.69, 9.17) is 9.47 Å². The summed E-state index contributed by atoms with van der Waals surface area (Å²) in [5, 5.41) is 2.06. The van der Waals surface area contributed by atoms with Crippen LogP contribution in [0.25, 0.3) is 10.4 Å². The van der Waals surface area contributed by atoms with Gasteiger partial charge in [-0.2, -0.15) is 4.98 Å². The average molecular weight is 320 g/mol. The summed E-state index contributed by atoms with van der Waals surface area (Å²) in [5.41, 5.74) is 1.41. The van der Waals surface area contributed by atoms with E-state index in [1.807, 2.05) is 41.5 Å². The molecule has 0 aliphatic heterocycles. The van der Waals surface area contributed by atoms with Crippen molar-refractivity contribution in [2.45, 2.75) is 59.7 Å². The Kier molecular flexibility index (Phi) is 4.47. The molecule has 0 aromatic carbocycles. The van der Waals surface area contributed by atoms with E-state index in [-0.39, 0.29) is 11.2 Å². The monoisotopic (exact) mass is 320 g/mol. The predicted octanol–water partition coefficient (Wildman–Crippen LogP) is 4.87. The van der Waals surface area contributed by atoms with Gasteiger partial charge in [-0.3, -0.25) is 0 Å². The van der Waals surface area contributed by atoms with Gasteiger partial charge in [-0.15, -0.1) is 11.3 Å². The molecule has 5 heteroatoms. The lowest BCUT2D eigenvalue weighted by Gasteiger charge is -2.24. The number of aryl methyl sites for hydroxylation is 1. The summed E-state index contributed by atoms with van der Waals surface area (Å²) in [5.74, 6) is 0.562. The van der Waals surface area contributed by atoms with Crippen LogP contribution in [0, 0.1) is 6.92 Å². The van der Waals surface area contributed by atoms with Gasteiger partial charge in [-0.25, -0.2) is 4.98 Å². The fourth-order valence-electron chi connectivity index (χ4n) is 1.85. The molecule has 0 aliphatic carbocycles. The van der Waals surface area contributed by atoms with E-state index in [1.165, 1.54) is 5.56 Å². The molecule has 4 nitrogen and oxygen atoms in total. The quantitative estimate of drug-likeness (QED) is 0.809. The van der Waals surface area contributed by atoms with Crippen molar-refractivity contribution in [1.29, 1.82) is 0 Å². The van der Waals surface area contributed by atoms with Crippen LogP contribution in [0.1, 0.15) is 47.1 Å². The fraction of sp³-hybridized carbons (Fsp3) is 0.529. The van der Waals surface area contributed by atoms with E-state index in [9.17, 15) is 0 Å². The van der Waals surface area contributed by atoms with Crippen molar-refractivity contribution in [2.24, 2.45) is 0 Å². The first-order valence-electron chi connectivity index (χ1n) is 7.35. The Balaban J connectivity index is 2.47. The molecular formula is C17H24N2O2S. The standard InChI is InChI=1S/C17H24N2O2S/c1-11-8-9-22-13(11)12-10-18-15(21-17(5,6)7)19-14(12)20-16(2,3)4/h8-10H,1-7H3. The van der Waals surface area contributed by atoms with Crippen LogP contribution in [0.15, 0.2) is 17.6 Å². The minimum Gasteiger partial charge on any atom is -0.471 e. The molecule has 0 unspecified atom stereocenters. The van der Waals surface area contributed by atoms with Crippen molar-refractivity contribution in [1.82, 2.24) is 9.97 Å². The van der Waals surface area contributed by atoms with Crippen LogP contribution in [0.4, 0.5) is 0 Å². The van der Waals surface area contributed by atoms with E-state index in [0.717, 1.165) is 10.4 Å². The van der Waals surface area contributed by atoms with Gasteiger partial charge in [0.15, 0.2) is 0 Å². The van der Waals surface area contributed by atoms with E-state index in [0.29, 0.717) is 11.9 Å². The van der Waals surface area contributed by atoms with Crippen molar-refractivity contribution in [2.75, 3.05) is 0 Å². The molecule has 0 aliphatic rings. The van der Waals surface area contributed by atoms with Gasteiger partial charge in [0.05, 0.1) is 5.56 Å². The molecule has 2 aromatic rings. The second-order valence-electron chi connectivity index (χ2n) is 7.23. The highest BCUT2D eigenvalue weighted by atomic mass is 32.1. The zero-order chi connectivity index (χ0) is 16.5. The summed E-state index contributed by atoms with van der Waals surface area (Å²) < 4.78 is 11.8. The van der Waals surface area contributed by atoms with Gasteiger partial charge in [0.1, 0.15) is 11.2 Å². The first-order valence-corrected chi connectivity index (χ1v) is 8.23. The number of hydrogen-bond donors (Lipinski definition) is 0. The highest BCUT2D eigenvalue weighted by Crippen LogP contribution is 2.36. The molecule has 0 atom stereocenters. The molecule has 2 aromatic heterocycles. The van der Waals surface area contributed by atoms with Gasteiger partial charge in [-0.05, 0) is 65.5 Å². The van der Waals surface area contributed by atoms with Crippen molar-refractivity contribution >= 4 is 11.3 Å². The SMILES string of the molecule is Cc1ccsc1-c1cnc(OC(C)(C)C)nc1OC(C)(C)C. The lowest BCUT2D eigenvalue weighted by atomic mass is 10.1. The number of ether oxygens (including phenoxy) is 2. The largest absolute Gasteiger partial charge is 0.471 e. The van der Waals surface area contributed by atoms with Gasteiger partial charge < -0.3 is 9.47 Å². The minimum atomic E-state index is -0.348. The molecule has 0 saturated heterocycles. The maximum atomic E-state index is 6.04. The fourth-order valence-corrected chi connectivity index (χ4v) is 2.78. The Morgan fingerprint density at radius 1 is 1.00 bits per heavy atom. The smallest absolute Gasteiger partial charge is 0.320 e. The molecule has 22 heavy (non-hydrogen) atoms. The molecule has 0 spiro atoms. The molecule has 0 radical (unpaired) electrons. The summed E-state index contributed by atoms with van der Waals surface area (Å²) in [6.45, 7) is 14.0. The zero-order valence-corrected chi connectivity index (χ0v) is 15.2. The van der Waals surface area contributed by atoms with Crippen molar-refractivity contribution < 1.29 is 9.47 Å². The summed E-state index contributed by atoms with van der Waals surface area (Å²) in [6.07, 6.45) is 1.79. The van der Waals surface area contributed by atoms with Gasteiger partial charge in [0.25, 0.3) is 0 Å². The first kappa shape index (κ1) is 16.7. The van der Waals surface area contributed by atoms with E-state index in [1.54, 1.807) is 17.5 Å². The second kappa shape index (κ2) is 5.88. The number of rotatable bonds is 3. The maximum absolute atomic E-state index is 6.04. The van der Waals surface area contributed by atoms with Gasteiger partial charge in [0.2, 0.25) is 5.88 Å². The molecule has 120 valence electrons. The summed E-state index contributed by atoms with van der Waals surface area (Å²) in [7, 11) is 0. The Morgan fingerprint density at radius 3 is 2.14 bits per heavy atom. The van der Waals surface area contributed by atoms with Crippen LogP contribution in [-0.4, -0.2) is 21.2 Å². The Labute approximate surface area is 136 Å². The molecular weight excluding hydrogens is 296 g/mol. The minimum absolute atomic E-state index is 0.338. The normalized spacial score (nSPS) is 12.3. The second-order valence-corrected chi connectivity index (χ2v) is 8.15. The molecule has 2 heterocycles. The zero-order valence-electron chi connectivity index (χ0n) is 14.4.